The van der Waals surface area contributed by atoms with Crippen LogP contribution in [0.4, 0.5) is 0 Å². The first-order valence-electron chi connectivity index (χ1n) is 5.73. The molecule has 1 atom stereocenters. The summed E-state index contributed by atoms with van der Waals surface area (Å²) in [6, 6.07) is 0.298. The lowest BCUT2D eigenvalue weighted by Crippen LogP contribution is -2.24. The summed E-state index contributed by atoms with van der Waals surface area (Å²) in [5, 5.41) is 4.53. The van der Waals surface area contributed by atoms with Crippen molar-refractivity contribution in [3.05, 3.63) is 16.1 Å². The third-order valence-corrected chi connectivity index (χ3v) is 3.57. The first-order valence-corrected chi connectivity index (χ1v) is 6.55. The Morgan fingerprint density at radius 2 is 2.38 bits per heavy atom. The molecule has 0 aliphatic heterocycles. The standard InChI is InChI=1S/C11H21N3OS/c1-3-10-8-14-11(16-10)9(2)13-5-7-15-6-4-12/h8-9,13H,3-7,12H2,1-2H3. The fourth-order valence-corrected chi connectivity index (χ4v) is 2.19. The summed E-state index contributed by atoms with van der Waals surface area (Å²) in [5.41, 5.74) is 5.33. The van der Waals surface area contributed by atoms with Crippen molar-refractivity contribution in [3.63, 3.8) is 0 Å². The molecular weight excluding hydrogens is 222 g/mol. The van der Waals surface area contributed by atoms with Crippen LogP contribution in [0, 0.1) is 0 Å². The summed E-state index contributed by atoms with van der Waals surface area (Å²) < 4.78 is 5.29. The van der Waals surface area contributed by atoms with Crippen LogP contribution in [0.1, 0.15) is 29.8 Å². The Morgan fingerprint density at radius 3 is 3.00 bits per heavy atom. The fourth-order valence-electron chi connectivity index (χ4n) is 1.31. The molecule has 0 aromatic carbocycles. The Morgan fingerprint density at radius 1 is 1.56 bits per heavy atom. The lowest BCUT2D eigenvalue weighted by atomic mass is 10.3. The zero-order chi connectivity index (χ0) is 11.8. The molecule has 1 heterocycles. The number of aryl methyl sites for hydroxylation is 1. The van der Waals surface area contributed by atoms with E-state index in [0.717, 1.165) is 18.0 Å². The summed E-state index contributed by atoms with van der Waals surface area (Å²) >= 11 is 1.77. The largest absolute Gasteiger partial charge is 0.379 e. The highest BCUT2D eigenvalue weighted by atomic mass is 32.1. The first-order chi connectivity index (χ1) is 7.77. The molecule has 0 saturated carbocycles. The molecule has 92 valence electrons. The van der Waals surface area contributed by atoms with Crippen molar-refractivity contribution in [1.82, 2.24) is 10.3 Å². The summed E-state index contributed by atoms with van der Waals surface area (Å²) in [6.45, 7) is 7.03. The molecule has 0 aliphatic carbocycles. The second-order valence-electron chi connectivity index (χ2n) is 3.60. The van der Waals surface area contributed by atoms with E-state index in [1.807, 2.05) is 6.20 Å². The maximum atomic E-state index is 5.33. The van der Waals surface area contributed by atoms with Crippen molar-refractivity contribution < 1.29 is 4.74 Å². The van der Waals surface area contributed by atoms with E-state index in [-0.39, 0.29) is 0 Å². The molecule has 0 saturated heterocycles. The molecule has 0 fully saturated rings. The summed E-state index contributed by atoms with van der Waals surface area (Å²) in [7, 11) is 0. The zero-order valence-electron chi connectivity index (χ0n) is 10.0. The van der Waals surface area contributed by atoms with Gasteiger partial charge < -0.3 is 15.8 Å². The van der Waals surface area contributed by atoms with Crippen molar-refractivity contribution in [2.45, 2.75) is 26.3 Å². The number of nitrogens with two attached hydrogens (primary N) is 1. The van der Waals surface area contributed by atoms with Crippen molar-refractivity contribution in [2.24, 2.45) is 5.73 Å². The third-order valence-electron chi connectivity index (χ3n) is 2.25. The van der Waals surface area contributed by atoms with E-state index in [1.54, 1.807) is 11.3 Å². The van der Waals surface area contributed by atoms with Gasteiger partial charge in [0.1, 0.15) is 5.01 Å². The third kappa shape index (κ3) is 4.57. The number of ether oxygens (including phenoxy) is 1. The van der Waals surface area contributed by atoms with Gasteiger partial charge in [-0.05, 0) is 13.3 Å². The molecule has 5 heteroatoms. The smallest absolute Gasteiger partial charge is 0.109 e. The minimum atomic E-state index is 0.298. The number of rotatable bonds is 8. The highest BCUT2D eigenvalue weighted by Gasteiger charge is 2.08. The van der Waals surface area contributed by atoms with Crippen LogP contribution < -0.4 is 11.1 Å². The Bertz CT molecular complexity index is 291. The van der Waals surface area contributed by atoms with Gasteiger partial charge in [-0.1, -0.05) is 6.92 Å². The van der Waals surface area contributed by atoms with Crippen LogP contribution in [-0.2, 0) is 11.2 Å². The highest BCUT2D eigenvalue weighted by Crippen LogP contribution is 2.19. The quantitative estimate of drug-likeness (QED) is 0.676. The van der Waals surface area contributed by atoms with E-state index in [4.69, 9.17) is 10.5 Å². The van der Waals surface area contributed by atoms with Gasteiger partial charge in [0.25, 0.3) is 0 Å². The molecule has 1 aromatic heterocycles. The molecule has 4 nitrogen and oxygen atoms in total. The Balaban J connectivity index is 2.21. The van der Waals surface area contributed by atoms with Crippen LogP contribution in [0.3, 0.4) is 0 Å². The minimum Gasteiger partial charge on any atom is -0.379 e. The second kappa shape index (κ2) is 7.73. The van der Waals surface area contributed by atoms with Crippen molar-refractivity contribution in [3.8, 4) is 0 Å². The molecule has 0 radical (unpaired) electrons. The Labute approximate surface area is 101 Å². The highest BCUT2D eigenvalue weighted by molar-refractivity contribution is 7.11. The minimum absolute atomic E-state index is 0.298. The number of aromatic nitrogens is 1. The Hall–Kier alpha value is -0.490. The first kappa shape index (κ1) is 13.6. The summed E-state index contributed by atoms with van der Waals surface area (Å²) in [6.07, 6.45) is 3.02. The zero-order valence-corrected chi connectivity index (χ0v) is 10.8. The fraction of sp³-hybridized carbons (Fsp3) is 0.727. The van der Waals surface area contributed by atoms with Crippen LogP contribution >= 0.6 is 11.3 Å². The van der Waals surface area contributed by atoms with E-state index >= 15 is 0 Å². The van der Waals surface area contributed by atoms with Crippen molar-refractivity contribution in [2.75, 3.05) is 26.3 Å². The van der Waals surface area contributed by atoms with Crippen LogP contribution in [0.25, 0.3) is 0 Å². The molecule has 0 aliphatic rings. The van der Waals surface area contributed by atoms with Gasteiger partial charge >= 0.3 is 0 Å². The molecular formula is C11H21N3OS. The van der Waals surface area contributed by atoms with Crippen LogP contribution in [-0.4, -0.2) is 31.3 Å². The van der Waals surface area contributed by atoms with Gasteiger partial charge in [0.15, 0.2) is 0 Å². The number of hydrogen-bond donors (Lipinski definition) is 2. The van der Waals surface area contributed by atoms with E-state index < -0.39 is 0 Å². The predicted molar refractivity (Wildman–Crippen MR) is 67.8 cm³/mol. The number of nitrogens with zero attached hydrogens (tertiary/aromatic N) is 1. The molecule has 16 heavy (non-hydrogen) atoms. The van der Waals surface area contributed by atoms with Gasteiger partial charge in [-0.3, -0.25) is 0 Å². The van der Waals surface area contributed by atoms with Crippen molar-refractivity contribution >= 4 is 11.3 Å². The lowest BCUT2D eigenvalue weighted by Gasteiger charge is -2.10. The molecule has 0 bridgehead atoms. The van der Waals surface area contributed by atoms with E-state index in [9.17, 15) is 0 Å². The van der Waals surface area contributed by atoms with E-state index in [0.29, 0.717) is 25.8 Å². The van der Waals surface area contributed by atoms with Gasteiger partial charge in [-0.2, -0.15) is 0 Å². The number of nitrogens with one attached hydrogen (secondary N) is 1. The summed E-state index contributed by atoms with van der Waals surface area (Å²) in [4.78, 5) is 5.73. The average Bonchev–Trinajstić information content (AvgIpc) is 2.77. The van der Waals surface area contributed by atoms with Gasteiger partial charge in [-0.15, -0.1) is 11.3 Å². The monoisotopic (exact) mass is 243 g/mol. The molecule has 0 spiro atoms. The van der Waals surface area contributed by atoms with Gasteiger partial charge in [0.2, 0.25) is 0 Å². The molecule has 1 aromatic rings. The number of thiazole rings is 1. The maximum Gasteiger partial charge on any atom is 0.109 e. The van der Waals surface area contributed by atoms with Gasteiger partial charge in [-0.25, -0.2) is 4.98 Å². The average molecular weight is 243 g/mol. The Kier molecular flexibility index (Phi) is 6.56. The topological polar surface area (TPSA) is 60.2 Å². The lowest BCUT2D eigenvalue weighted by molar-refractivity contribution is 0.141. The predicted octanol–water partition coefficient (Wildman–Crippen LogP) is 1.33. The molecule has 1 rings (SSSR count). The van der Waals surface area contributed by atoms with Gasteiger partial charge in [0, 0.05) is 24.2 Å². The van der Waals surface area contributed by atoms with Gasteiger partial charge in [0.05, 0.1) is 19.3 Å². The second-order valence-corrected chi connectivity index (χ2v) is 4.74. The van der Waals surface area contributed by atoms with Crippen molar-refractivity contribution in [1.29, 1.82) is 0 Å². The van der Waals surface area contributed by atoms with Crippen LogP contribution in [0.2, 0.25) is 0 Å². The SMILES string of the molecule is CCc1cnc(C(C)NCCOCCN)s1. The molecule has 3 N–H and O–H groups in total. The van der Waals surface area contributed by atoms with E-state index in [2.05, 4.69) is 24.1 Å². The van der Waals surface area contributed by atoms with Crippen LogP contribution in [0.5, 0.6) is 0 Å². The van der Waals surface area contributed by atoms with Crippen LogP contribution in [0.15, 0.2) is 6.20 Å². The maximum absolute atomic E-state index is 5.33. The van der Waals surface area contributed by atoms with E-state index in [1.165, 1.54) is 4.88 Å². The normalized spacial score (nSPS) is 12.9. The molecule has 0 amide bonds. The number of hydrogen-bond acceptors (Lipinski definition) is 5. The summed E-state index contributed by atoms with van der Waals surface area (Å²) in [5.74, 6) is 0. The molecule has 1 unspecified atom stereocenters.